The second-order valence-corrected chi connectivity index (χ2v) is 5.17. The molecule has 0 heterocycles. The summed E-state index contributed by atoms with van der Waals surface area (Å²) in [5, 5.41) is 2.58. The van der Waals surface area contributed by atoms with E-state index >= 15 is 0 Å². The maximum atomic E-state index is 13.0. The SMILES string of the molecule is COC(=O)c1ccccc1NC(=O)CN(C(C)=O)c1ccc(F)cc1. The molecule has 0 spiro atoms. The molecular formula is C18H17FN2O4. The molecule has 2 amide bonds. The summed E-state index contributed by atoms with van der Waals surface area (Å²) < 4.78 is 17.7. The molecular weight excluding hydrogens is 327 g/mol. The van der Waals surface area contributed by atoms with E-state index in [-0.39, 0.29) is 23.7 Å². The first-order valence-corrected chi connectivity index (χ1v) is 7.43. The Bertz CT molecular complexity index is 790. The molecule has 2 aromatic carbocycles. The highest BCUT2D eigenvalue weighted by Crippen LogP contribution is 2.18. The number of methoxy groups -OCH3 is 1. The standard InChI is InChI=1S/C18H17FN2O4/c1-12(22)21(14-9-7-13(19)8-10-14)11-17(23)20-16-6-4-3-5-15(16)18(24)25-2/h3-10H,11H2,1-2H3,(H,20,23). The fraction of sp³-hybridized carbons (Fsp3) is 0.167. The van der Waals surface area contributed by atoms with E-state index < -0.39 is 17.7 Å². The van der Waals surface area contributed by atoms with E-state index in [1.807, 2.05) is 0 Å². The van der Waals surface area contributed by atoms with Crippen LogP contribution in [-0.4, -0.2) is 31.4 Å². The zero-order chi connectivity index (χ0) is 18.4. The van der Waals surface area contributed by atoms with Gasteiger partial charge in [-0.3, -0.25) is 9.59 Å². The van der Waals surface area contributed by atoms with E-state index in [1.54, 1.807) is 18.2 Å². The number of carbonyl (C=O) groups is 3. The third kappa shape index (κ3) is 4.63. The minimum absolute atomic E-state index is 0.203. The van der Waals surface area contributed by atoms with Crippen LogP contribution in [0.2, 0.25) is 0 Å². The molecule has 2 rings (SSSR count). The molecule has 0 saturated carbocycles. The van der Waals surface area contributed by atoms with Gasteiger partial charge in [0.25, 0.3) is 0 Å². The van der Waals surface area contributed by atoms with Gasteiger partial charge in [0, 0.05) is 12.6 Å². The molecule has 0 aromatic heterocycles. The molecule has 0 unspecified atom stereocenters. The Hall–Kier alpha value is -3.22. The lowest BCUT2D eigenvalue weighted by Crippen LogP contribution is -2.36. The average Bonchev–Trinajstić information content (AvgIpc) is 2.60. The summed E-state index contributed by atoms with van der Waals surface area (Å²) in [6, 6.07) is 11.6. The van der Waals surface area contributed by atoms with Gasteiger partial charge in [-0.05, 0) is 36.4 Å². The van der Waals surface area contributed by atoms with E-state index in [2.05, 4.69) is 10.1 Å². The van der Waals surface area contributed by atoms with E-state index in [4.69, 9.17) is 0 Å². The number of hydrogen-bond donors (Lipinski definition) is 1. The number of esters is 1. The lowest BCUT2D eigenvalue weighted by Gasteiger charge is -2.21. The Balaban J connectivity index is 2.16. The third-order valence-electron chi connectivity index (χ3n) is 3.43. The zero-order valence-corrected chi connectivity index (χ0v) is 13.8. The summed E-state index contributed by atoms with van der Waals surface area (Å²) in [6.07, 6.45) is 0. The number of rotatable bonds is 5. The lowest BCUT2D eigenvalue weighted by molar-refractivity contribution is -0.120. The first kappa shape index (κ1) is 18.1. The van der Waals surface area contributed by atoms with Crippen molar-refractivity contribution in [2.24, 2.45) is 0 Å². The van der Waals surface area contributed by atoms with Crippen LogP contribution < -0.4 is 10.2 Å². The highest BCUT2D eigenvalue weighted by molar-refractivity contribution is 6.05. The van der Waals surface area contributed by atoms with Gasteiger partial charge in [0.05, 0.1) is 18.4 Å². The molecule has 6 nitrogen and oxygen atoms in total. The van der Waals surface area contributed by atoms with Crippen LogP contribution in [0.5, 0.6) is 0 Å². The lowest BCUT2D eigenvalue weighted by atomic mass is 10.2. The number of amides is 2. The van der Waals surface area contributed by atoms with Crippen molar-refractivity contribution in [3.05, 3.63) is 59.9 Å². The van der Waals surface area contributed by atoms with Gasteiger partial charge in [-0.1, -0.05) is 12.1 Å². The van der Waals surface area contributed by atoms with Crippen molar-refractivity contribution in [2.75, 3.05) is 23.9 Å². The summed E-state index contributed by atoms with van der Waals surface area (Å²) in [4.78, 5) is 37.0. The number of nitrogens with zero attached hydrogens (tertiary/aromatic N) is 1. The summed E-state index contributed by atoms with van der Waals surface area (Å²) in [6.45, 7) is 1.02. The second-order valence-electron chi connectivity index (χ2n) is 5.17. The molecule has 2 aromatic rings. The third-order valence-corrected chi connectivity index (χ3v) is 3.43. The Kier molecular flexibility index (Phi) is 5.84. The molecule has 1 N–H and O–H groups in total. The highest BCUT2D eigenvalue weighted by Gasteiger charge is 2.18. The van der Waals surface area contributed by atoms with Gasteiger partial charge in [0.1, 0.15) is 12.4 Å². The number of nitrogens with one attached hydrogen (secondary N) is 1. The van der Waals surface area contributed by atoms with E-state index in [1.165, 1.54) is 49.3 Å². The van der Waals surface area contributed by atoms with Gasteiger partial charge in [0.2, 0.25) is 11.8 Å². The maximum Gasteiger partial charge on any atom is 0.339 e. The predicted octanol–water partition coefficient (Wildman–Crippen LogP) is 2.60. The van der Waals surface area contributed by atoms with Crippen LogP contribution in [0.4, 0.5) is 15.8 Å². The molecule has 0 radical (unpaired) electrons. The quantitative estimate of drug-likeness (QED) is 0.846. The normalized spacial score (nSPS) is 10.0. The largest absolute Gasteiger partial charge is 0.465 e. The number of halogens is 1. The molecule has 0 aliphatic rings. The molecule has 0 fully saturated rings. The Morgan fingerprint density at radius 3 is 2.32 bits per heavy atom. The minimum Gasteiger partial charge on any atom is -0.465 e. The van der Waals surface area contributed by atoms with Crippen LogP contribution in [0.25, 0.3) is 0 Å². The topological polar surface area (TPSA) is 75.7 Å². The van der Waals surface area contributed by atoms with Crippen LogP contribution in [-0.2, 0) is 14.3 Å². The van der Waals surface area contributed by atoms with Crippen LogP contribution in [0.15, 0.2) is 48.5 Å². The van der Waals surface area contributed by atoms with Crippen molar-refractivity contribution in [1.29, 1.82) is 0 Å². The zero-order valence-electron chi connectivity index (χ0n) is 13.8. The highest BCUT2D eigenvalue weighted by atomic mass is 19.1. The Morgan fingerprint density at radius 1 is 1.08 bits per heavy atom. The average molecular weight is 344 g/mol. The number of ether oxygens (including phenoxy) is 1. The van der Waals surface area contributed by atoms with Crippen molar-refractivity contribution in [3.8, 4) is 0 Å². The molecule has 7 heteroatoms. The fourth-order valence-electron chi connectivity index (χ4n) is 2.22. The second kappa shape index (κ2) is 8.05. The van der Waals surface area contributed by atoms with Crippen LogP contribution in [0.3, 0.4) is 0 Å². The molecule has 25 heavy (non-hydrogen) atoms. The predicted molar refractivity (Wildman–Crippen MR) is 90.8 cm³/mol. The van der Waals surface area contributed by atoms with Gasteiger partial charge in [-0.2, -0.15) is 0 Å². The van der Waals surface area contributed by atoms with Gasteiger partial charge < -0.3 is 15.0 Å². The molecule has 0 bridgehead atoms. The molecule has 0 aliphatic heterocycles. The van der Waals surface area contributed by atoms with Crippen molar-refractivity contribution in [3.63, 3.8) is 0 Å². The smallest absolute Gasteiger partial charge is 0.339 e. The minimum atomic E-state index is -0.585. The van der Waals surface area contributed by atoms with E-state index in [0.29, 0.717) is 5.69 Å². The summed E-state index contributed by atoms with van der Waals surface area (Å²) in [5.41, 5.74) is 0.877. The number of hydrogen-bond acceptors (Lipinski definition) is 4. The molecule has 130 valence electrons. The van der Waals surface area contributed by atoms with Crippen molar-refractivity contribution < 1.29 is 23.5 Å². The molecule has 0 aliphatic carbocycles. The number of benzene rings is 2. The maximum absolute atomic E-state index is 13.0. The first-order valence-electron chi connectivity index (χ1n) is 7.43. The number of anilines is 2. The van der Waals surface area contributed by atoms with Crippen molar-refractivity contribution in [2.45, 2.75) is 6.92 Å². The van der Waals surface area contributed by atoms with Crippen molar-refractivity contribution >= 4 is 29.2 Å². The number of carbonyl (C=O) groups excluding carboxylic acids is 3. The van der Waals surface area contributed by atoms with Crippen LogP contribution in [0.1, 0.15) is 17.3 Å². The fourth-order valence-corrected chi connectivity index (χ4v) is 2.22. The van der Waals surface area contributed by atoms with Crippen LogP contribution in [0, 0.1) is 5.82 Å². The van der Waals surface area contributed by atoms with Gasteiger partial charge in [-0.15, -0.1) is 0 Å². The summed E-state index contributed by atoms with van der Waals surface area (Å²) >= 11 is 0. The van der Waals surface area contributed by atoms with E-state index in [0.717, 1.165) is 0 Å². The first-order chi connectivity index (χ1) is 11.9. The number of para-hydroxylation sites is 1. The molecule has 0 saturated heterocycles. The van der Waals surface area contributed by atoms with Gasteiger partial charge in [0.15, 0.2) is 0 Å². The van der Waals surface area contributed by atoms with Gasteiger partial charge in [-0.25, -0.2) is 9.18 Å². The van der Waals surface area contributed by atoms with Crippen molar-refractivity contribution in [1.82, 2.24) is 0 Å². The Labute approximate surface area is 144 Å². The summed E-state index contributed by atoms with van der Waals surface area (Å²) in [5.74, 6) is -1.90. The molecule has 0 atom stereocenters. The Morgan fingerprint density at radius 2 is 1.72 bits per heavy atom. The van der Waals surface area contributed by atoms with Gasteiger partial charge >= 0.3 is 5.97 Å². The van der Waals surface area contributed by atoms with Crippen LogP contribution >= 0.6 is 0 Å². The van der Waals surface area contributed by atoms with E-state index in [9.17, 15) is 18.8 Å². The monoisotopic (exact) mass is 344 g/mol. The summed E-state index contributed by atoms with van der Waals surface area (Å²) in [7, 11) is 1.24.